The van der Waals surface area contributed by atoms with Crippen molar-refractivity contribution in [3.63, 3.8) is 0 Å². The first kappa shape index (κ1) is 25.1. The molecule has 6 nitrogen and oxygen atoms in total. The quantitative estimate of drug-likeness (QED) is 0.356. The Bertz CT molecular complexity index is 1250. The summed E-state index contributed by atoms with van der Waals surface area (Å²) >= 11 is 6.06. The maximum atomic E-state index is 11.7. The molecule has 0 aliphatic rings. The van der Waals surface area contributed by atoms with Crippen molar-refractivity contribution in [3.05, 3.63) is 89.5 Å². The Morgan fingerprint density at radius 3 is 2.26 bits per heavy atom. The lowest BCUT2D eigenvalue weighted by Gasteiger charge is -2.18. The smallest absolute Gasteiger partial charge is 0.307 e. The van der Waals surface area contributed by atoms with E-state index in [1.54, 1.807) is 45.3 Å². The lowest BCUT2D eigenvalue weighted by molar-refractivity contribution is -0.136. The molecule has 0 spiro atoms. The van der Waals surface area contributed by atoms with Crippen LogP contribution in [0.3, 0.4) is 0 Å². The Labute approximate surface area is 203 Å². The molecule has 176 valence electrons. The number of rotatable bonds is 6. The van der Waals surface area contributed by atoms with Crippen LogP contribution in [0.2, 0.25) is 5.02 Å². The molecule has 3 aromatic carbocycles. The van der Waals surface area contributed by atoms with Crippen LogP contribution in [-0.2, 0) is 17.8 Å². The van der Waals surface area contributed by atoms with E-state index in [2.05, 4.69) is 9.97 Å². The van der Waals surface area contributed by atoms with Crippen LogP contribution in [0.5, 0.6) is 5.75 Å². The van der Waals surface area contributed by atoms with Gasteiger partial charge in [0.25, 0.3) is 0 Å². The molecule has 0 radical (unpaired) electrons. The van der Waals surface area contributed by atoms with E-state index in [-0.39, 0.29) is 13.0 Å². The minimum Gasteiger partial charge on any atom is -0.486 e. The van der Waals surface area contributed by atoms with Gasteiger partial charge in [0.1, 0.15) is 12.9 Å². The number of aliphatic carboxylic acids is 1. The summed E-state index contributed by atoms with van der Waals surface area (Å²) in [5.74, 6) is -0.380. The molecule has 0 fully saturated rings. The SMILES string of the molecule is CC(C)(C)O.O=C(O)Cc1c(COc2cncnc2)cc2ccccc2c1-c1ccc(Cl)cc1. The minimum atomic E-state index is -0.903. The van der Waals surface area contributed by atoms with E-state index in [9.17, 15) is 9.90 Å². The second kappa shape index (κ2) is 11.1. The topological polar surface area (TPSA) is 92.5 Å². The molecule has 1 aromatic heterocycles. The fraction of sp³-hybridized carbons (Fsp3) is 0.222. The summed E-state index contributed by atoms with van der Waals surface area (Å²) in [5.41, 5.74) is 2.81. The number of carboxylic acids is 1. The van der Waals surface area contributed by atoms with Gasteiger partial charge in [0.2, 0.25) is 0 Å². The van der Waals surface area contributed by atoms with Gasteiger partial charge in [-0.1, -0.05) is 48.0 Å². The fourth-order valence-electron chi connectivity index (χ4n) is 3.40. The lowest BCUT2D eigenvalue weighted by Crippen LogP contribution is -2.10. The van der Waals surface area contributed by atoms with E-state index in [0.29, 0.717) is 10.8 Å². The monoisotopic (exact) mass is 478 g/mol. The molecule has 0 atom stereocenters. The Morgan fingerprint density at radius 2 is 1.65 bits per heavy atom. The number of aromatic nitrogens is 2. The predicted molar refractivity (Wildman–Crippen MR) is 134 cm³/mol. The van der Waals surface area contributed by atoms with Crippen molar-refractivity contribution in [2.24, 2.45) is 0 Å². The third-order valence-corrected chi connectivity index (χ3v) is 4.89. The van der Waals surface area contributed by atoms with E-state index in [4.69, 9.17) is 21.4 Å². The van der Waals surface area contributed by atoms with E-state index in [1.807, 2.05) is 42.5 Å². The molecule has 0 aliphatic heterocycles. The molecule has 0 amide bonds. The third kappa shape index (κ3) is 7.27. The number of aliphatic hydroxyl groups is 1. The maximum Gasteiger partial charge on any atom is 0.307 e. The molecule has 0 aliphatic carbocycles. The van der Waals surface area contributed by atoms with Gasteiger partial charge in [-0.2, -0.15) is 0 Å². The maximum absolute atomic E-state index is 11.7. The first-order chi connectivity index (χ1) is 16.1. The summed E-state index contributed by atoms with van der Waals surface area (Å²) < 4.78 is 5.83. The van der Waals surface area contributed by atoms with Crippen LogP contribution in [0.1, 0.15) is 31.9 Å². The normalized spacial score (nSPS) is 11.0. The van der Waals surface area contributed by atoms with Crippen LogP contribution in [-0.4, -0.2) is 31.8 Å². The van der Waals surface area contributed by atoms with Crippen LogP contribution in [0.25, 0.3) is 21.9 Å². The highest BCUT2D eigenvalue weighted by Crippen LogP contribution is 2.36. The zero-order valence-electron chi connectivity index (χ0n) is 19.3. The molecule has 2 N–H and O–H groups in total. The van der Waals surface area contributed by atoms with Crippen LogP contribution in [0, 0.1) is 0 Å². The number of benzene rings is 3. The van der Waals surface area contributed by atoms with Gasteiger partial charge in [-0.3, -0.25) is 4.79 Å². The molecule has 34 heavy (non-hydrogen) atoms. The Balaban J connectivity index is 0.000000588. The number of carbonyl (C=O) groups is 1. The first-order valence-corrected chi connectivity index (χ1v) is 11.1. The average molecular weight is 479 g/mol. The number of hydrogen-bond donors (Lipinski definition) is 2. The van der Waals surface area contributed by atoms with Gasteiger partial charge in [-0.15, -0.1) is 0 Å². The zero-order valence-corrected chi connectivity index (χ0v) is 20.1. The van der Waals surface area contributed by atoms with E-state index in [0.717, 1.165) is 33.0 Å². The molecular formula is C27H27ClN2O4. The Kier molecular flexibility index (Phi) is 8.21. The summed E-state index contributed by atoms with van der Waals surface area (Å²) in [6.45, 7) is 5.44. The van der Waals surface area contributed by atoms with Crippen molar-refractivity contribution in [1.29, 1.82) is 0 Å². The molecule has 0 unspecified atom stereocenters. The van der Waals surface area contributed by atoms with Crippen molar-refractivity contribution < 1.29 is 19.7 Å². The highest BCUT2D eigenvalue weighted by atomic mass is 35.5. The highest BCUT2D eigenvalue weighted by molar-refractivity contribution is 6.30. The highest BCUT2D eigenvalue weighted by Gasteiger charge is 2.18. The molecule has 7 heteroatoms. The molecule has 4 rings (SSSR count). The molecule has 1 heterocycles. The van der Waals surface area contributed by atoms with Gasteiger partial charge in [0, 0.05) is 5.02 Å². The number of ether oxygens (including phenoxy) is 1. The van der Waals surface area contributed by atoms with Crippen LogP contribution >= 0.6 is 11.6 Å². The van der Waals surface area contributed by atoms with Crippen LogP contribution < -0.4 is 4.74 Å². The summed E-state index contributed by atoms with van der Waals surface area (Å²) in [4.78, 5) is 19.6. The number of fused-ring (bicyclic) bond motifs is 1. The summed E-state index contributed by atoms with van der Waals surface area (Å²) in [7, 11) is 0. The Hall–Kier alpha value is -3.48. The van der Waals surface area contributed by atoms with Crippen molar-refractivity contribution >= 4 is 28.3 Å². The second-order valence-electron chi connectivity index (χ2n) is 8.72. The minimum absolute atomic E-state index is 0.118. The second-order valence-corrected chi connectivity index (χ2v) is 9.16. The van der Waals surface area contributed by atoms with Crippen molar-refractivity contribution in [2.45, 2.75) is 39.4 Å². The summed E-state index contributed by atoms with van der Waals surface area (Å²) in [6.07, 6.45) is 4.46. The largest absolute Gasteiger partial charge is 0.486 e. The molecule has 0 saturated heterocycles. The number of nitrogens with zero attached hydrogens (tertiary/aromatic N) is 2. The number of carboxylic acid groups (broad SMARTS) is 1. The average Bonchev–Trinajstić information content (AvgIpc) is 2.78. The van der Waals surface area contributed by atoms with Crippen molar-refractivity contribution in [1.82, 2.24) is 9.97 Å². The van der Waals surface area contributed by atoms with Gasteiger partial charge < -0.3 is 14.9 Å². The van der Waals surface area contributed by atoms with Gasteiger partial charge in [-0.05, 0) is 72.0 Å². The van der Waals surface area contributed by atoms with E-state index < -0.39 is 11.6 Å². The summed E-state index contributed by atoms with van der Waals surface area (Å²) in [5, 5.41) is 20.7. The number of hydrogen-bond acceptors (Lipinski definition) is 5. The van der Waals surface area contributed by atoms with Crippen LogP contribution in [0.15, 0.2) is 73.3 Å². The fourth-order valence-corrected chi connectivity index (χ4v) is 3.52. The first-order valence-electron chi connectivity index (χ1n) is 10.7. The van der Waals surface area contributed by atoms with Crippen molar-refractivity contribution in [3.8, 4) is 16.9 Å². The van der Waals surface area contributed by atoms with Gasteiger partial charge in [0.15, 0.2) is 5.75 Å². The summed E-state index contributed by atoms with van der Waals surface area (Å²) in [6, 6.07) is 17.3. The van der Waals surface area contributed by atoms with Gasteiger partial charge in [-0.25, -0.2) is 9.97 Å². The van der Waals surface area contributed by atoms with Gasteiger partial charge >= 0.3 is 5.97 Å². The van der Waals surface area contributed by atoms with Crippen LogP contribution in [0.4, 0.5) is 0 Å². The molecular weight excluding hydrogens is 452 g/mol. The third-order valence-electron chi connectivity index (χ3n) is 4.64. The molecule has 4 aromatic rings. The molecule has 0 bridgehead atoms. The zero-order chi connectivity index (χ0) is 24.7. The lowest BCUT2D eigenvalue weighted by atomic mass is 9.88. The standard InChI is InChI=1S/C23H17ClN2O3.C4H10O/c24-18-7-5-15(6-8-18)23-20-4-2-1-3-16(20)9-17(21(23)10-22(27)28)13-29-19-11-25-14-26-12-19;1-4(2,3)5/h1-9,11-12,14H,10,13H2,(H,27,28);5H,1-3H3. The van der Waals surface area contributed by atoms with Crippen molar-refractivity contribution in [2.75, 3.05) is 0 Å². The van der Waals surface area contributed by atoms with E-state index >= 15 is 0 Å². The van der Waals surface area contributed by atoms with Gasteiger partial charge in [0.05, 0.1) is 24.4 Å². The Morgan fingerprint density at radius 1 is 1.03 bits per heavy atom. The number of halogens is 1. The van der Waals surface area contributed by atoms with E-state index in [1.165, 1.54) is 6.33 Å². The predicted octanol–water partition coefficient (Wildman–Crippen LogP) is 5.93. The molecule has 0 saturated carbocycles.